The maximum atomic E-state index is 12.0. The number of hydrogen-bond donors (Lipinski definition) is 3. The number of ether oxygens (including phenoxy) is 3. The Morgan fingerprint density at radius 2 is 2.00 bits per heavy atom. The Bertz CT molecular complexity index is 383. The normalized spacial score (nSPS) is 26.0. The van der Waals surface area contributed by atoms with Crippen LogP contribution in [0.15, 0.2) is 0 Å². The van der Waals surface area contributed by atoms with Gasteiger partial charge in [0.1, 0.15) is 0 Å². The number of aliphatic hydroxyl groups excluding tert-OH is 1. The minimum absolute atomic E-state index is 0.0242. The molecular weight excluding hydrogens is 300 g/mol. The van der Waals surface area contributed by atoms with Crippen molar-refractivity contribution < 1.29 is 24.1 Å². The molecule has 7 nitrogen and oxygen atoms in total. The van der Waals surface area contributed by atoms with Crippen LogP contribution in [-0.4, -0.2) is 68.0 Å². The summed E-state index contributed by atoms with van der Waals surface area (Å²) in [5, 5.41) is 14.7. The molecule has 7 heteroatoms. The highest BCUT2D eigenvalue weighted by atomic mass is 16.5. The van der Waals surface area contributed by atoms with Crippen molar-refractivity contribution in [2.24, 2.45) is 0 Å². The lowest BCUT2D eigenvalue weighted by Crippen LogP contribution is -2.51. The van der Waals surface area contributed by atoms with Crippen molar-refractivity contribution in [3.8, 4) is 0 Å². The van der Waals surface area contributed by atoms with Gasteiger partial charge in [-0.2, -0.15) is 0 Å². The lowest BCUT2D eigenvalue weighted by atomic mass is 9.94. The Balaban J connectivity index is 1.71. The topological polar surface area (TPSA) is 89.1 Å². The van der Waals surface area contributed by atoms with Gasteiger partial charge in [0, 0.05) is 39.1 Å². The summed E-state index contributed by atoms with van der Waals surface area (Å²) in [6, 6.07) is -0.211. The lowest BCUT2D eigenvalue weighted by Gasteiger charge is -2.37. The number of aliphatic hydroxyl groups is 1. The van der Waals surface area contributed by atoms with Gasteiger partial charge in [-0.25, -0.2) is 4.79 Å². The molecule has 0 aliphatic carbocycles. The standard InChI is InChI=1S/C16H30N2O5/c1-15(2)4-3-13(23-15)11-17-14(20)18-12-16(22-10-7-19)5-8-21-9-6-16/h13,19H,3-12H2,1-2H3,(H2,17,18,20)/t13-/m0/s1. The van der Waals surface area contributed by atoms with E-state index in [9.17, 15) is 4.79 Å². The minimum Gasteiger partial charge on any atom is -0.394 e. The van der Waals surface area contributed by atoms with E-state index in [-0.39, 0.29) is 30.9 Å². The summed E-state index contributed by atoms with van der Waals surface area (Å²) in [6.45, 7) is 6.54. The highest BCUT2D eigenvalue weighted by molar-refractivity contribution is 5.73. The van der Waals surface area contributed by atoms with Gasteiger partial charge in [0.2, 0.25) is 0 Å². The molecule has 0 aromatic rings. The fourth-order valence-corrected chi connectivity index (χ4v) is 3.11. The van der Waals surface area contributed by atoms with E-state index in [4.69, 9.17) is 19.3 Å². The van der Waals surface area contributed by atoms with Crippen LogP contribution < -0.4 is 10.6 Å². The lowest BCUT2D eigenvalue weighted by molar-refractivity contribution is -0.114. The molecule has 2 aliphatic rings. The Morgan fingerprint density at radius 1 is 1.26 bits per heavy atom. The first-order chi connectivity index (χ1) is 10.9. The molecule has 1 atom stereocenters. The van der Waals surface area contributed by atoms with Crippen LogP contribution >= 0.6 is 0 Å². The molecule has 0 bridgehead atoms. The van der Waals surface area contributed by atoms with Crippen LogP contribution in [-0.2, 0) is 14.2 Å². The molecule has 23 heavy (non-hydrogen) atoms. The van der Waals surface area contributed by atoms with E-state index >= 15 is 0 Å². The number of rotatable bonds is 7. The monoisotopic (exact) mass is 330 g/mol. The second kappa shape index (κ2) is 8.28. The predicted molar refractivity (Wildman–Crippen MR) is 85.4 cm³/mol. The Kier molecular flexibility index (Phi) is 6.64. The summed E-state index contributed by atoms with van der Waals surface area (Å²) >= 11 is 0. The maximum absolute atomic E-state index is 12.0. The van der Waals surface area contributed by atoms with E-state index in [2.05, 4.69) is 24.5 Å². The highest BCUT2D eigenvalue weighted by Gasteiger charge is 2.34. The molecule has 2 heterocycles. The zero-order valence-electron chi connectivity index (χ0n) is 14.2. The molecule has 2 aliphatic heterocycles. The molecule has 2 saturated heterocycles. The first-order valence-corrected chi connectivity index (χ1v) is 8.47. The maximum Gasteiger partial charge on any atom is 0.314 e. The number of urea groups is 1. The van der Waals surface area contributed by atoms with E-state index in [0.29, 0.717) is 39.1 Å². The molecule has 0 aromatic heterocycles. The van der Waals surface area contributed by atoms with Crippen molar-refractivity contribution in [2.75, 3.05) is 39.5 Å². The Morgan fingerprint density at radius 3 is 2.61 bits per heavy atom. The van der Waals surface area contributed by atoms with Crippen molar-refractivity contribution in [3.63, 3.8) is 0 Å². The van der Waals surface area contributed by atoms with Crippen LogP contribution in [0.3, 0.4) is 0 Å². The van der Waals surface area contributed by atoms with Crippen LogP contribution in [0.5, 0.6) is 0 Å². The third-order valence-electron chi connectivity index (χ3n) is 4.52. The number of carbonyl (C=O) groups excluding carboxylic acids is 1. The average Bonchev–Trinajstić information content (AvgIpc) is 2.89. The molecule has 0 unspecified atom stereocenters. The predicted octanol–water partition coefficient (Wildman–Crippen LogP) is 0.801. The van der Waals surface area contributed by atoms with Crippen LogP contribution in [0.2, 0.25) is 0 Å². The van der Waals surface area contributed by atoms with Gasteiger partial charge in [0.05, 0.1) is 30.5 Å². The molecular formula is C16H30N2O5. The van der Waals surface area contributed by atoms with Gasteiger partial charge in [0.25, 0.3) is 0 Å². The zero-order chi connectivity index (χ0) is 16.8. The van der Waals surface area contributed by atoms with Gasteiger partial charge in [-0.3, -0.25) is 0 Å². The summed E-state index contributed by atoms with van der Waals surface area (Å²) in [4.78, 5) is 12.0. The average molecular weight is 330 g/mol. The summed E-state index contributed by atoms with van der Waals surface area (Å²) in [5.41, 5.74) is -0.530. The van der Waals surface area contributed by atoms with Crippen molar-refractivity contribution in [1.82, 2.24) is 10.6 Å². The summed E-state index contributed by atoms with van der Waals surface area (Å²) < 4.78 is 17.0. The zero-order valence-corrected chi connectivity index (χ0v) is 14.2. The van der Waals surface area contributed by atoms with Crippen molar-refractivity contribution in [1.29, 1.82) is 0 Å². The molecule has 2 rings (SSSR count). The van der Waals surface area contributed by atoms with Crippen LogP contribution in [0.1, 0.15) is 39.5 Å². The second-order valence-corrected chi connectivity index (χ2v) is 6.97. The number of hydrogen-bond acceptors (Lipinski definition) is 5. The minimum atomic E-state index is -0.440. The van der Waals surface area contributed by atoms with E-state index in [1.54, 1.807) is 0 Å². The van der Waals surface area contributed by atoms with E-state index in [0.717, 1.165) is 12.8 Å². The summed E-state index contributed by atoms with van der Waals surface area (Å²) in [7, 11) is 0. The molecule has 0 spiro atoms. The summed E-state index contributed by atoms with van der Waals surface area (Å²) in [6.07, 6.45) is 3.49. The largest absolute Gasteiger partial charge is 0.394 e. The fraction of sp³-hybridized carbons (Fsp3) is 0.938. The van der Waals surface area contributed by atoms with Gasteiger partial charge in [-0.15, -0.1) is 0 Å². The van der Waals surface area contributed by atoms with E-state index in [1.807, 2.05) is 0 Å². The molecule has 0 radical (unpaired) electrons. The van der Waals surface area contributed by atoms with Crippen molar-refractivity contribution in [2.45, 2.75) is 56.8 Å². The third-order valence-corrected chi connectivity index (χ3v) is 4.52. The van der Waals surface area contributed by atoms with Gasteiger partial charge in [-0.1, -0.05) is 0 Å². The molecule has 2 fully saturated rings. The number of carbonyl (C=O) groups is 1. The third kappa shape index (κ3) is 5.91. The highest BCUT2D eigenvalue weighted by Crippen LogP contribution is 2.28. The van der Waals surface area contributed by atoms with Gasteiger partial charge < -0.3 is 30.0 Å². The Hall–Kier alpha value is -0.890. The fourth-order valence-electron chi connectivity index (χ4n) is 3.11. The second-order valence-electron chi connectivity index (χ2n) is 6.97. The summed E-state index contributed by atoms with van der Waals surface area (Å²) in [5.74, 6) is 0. The first-order valence-electron chi connectivity index (χ1n) is 8.47. The van der Waals surface area contributed by atoms with E-state index < -0.39 is 5.60 Å². The molecule has 3 N–H and O–H groups in total. The van der Waals surface area contributed by atoms with Gasteiger partial charge in [-0.05, 0) is 26.7 Å². The molecule has 0 saturated carbocycles. The Labute approximate surface area is 138 Å². The quantitative estimate of drug-likeness (QED) is 0.642. The molecule has 0 aromatic carbocycles. The van der Waals surface area contributed by atoms with Crippen molar-refractivity contribution >= 4 is 6.03 Å². The number of amides is 2. The van der Waals surface area contributed by atoms with E-state index in [1.165, 1.54) is 0 Å². The number of nitrogens with one attached hydrogen (secondary N) is 2. The molecule has 134 valence electrons. The smallest absolute Gasteiger partial charge is 0.314 e. The van der Waals surface area contributed by atoms with Gasteiger partial charge in [0.15, 0.2) is 0 Å². The van der Waals surface area contributed by atoms with Crippen LogP contribution in [0.4, 0.5) is 4.79 Å². The van der Waals surface area contributed by atoms with Crippen LogP contribution in [0, 0.1) is 0 Å². The van der Waals surface area contributed by atoms with Crippen LogP contribution in [0.25, 0.3) is 0 Å². The first kappa shape index (κ1) is 18.4. The van der Waals surface area contributed by atoms with Crippen molar-refractivity contribution in [3.05, 3.63) is 0 Å². The SMILES string of the molecule is CC1(C)CC[C@@H](CNC(=O)NCC2(OCCO)CCOCC2)O1. The molecule has 2 amide bonds. The van der Waals surface area contributed by atoms with Gasteiger partial charge >= 0.3 is 6.03 Å².